The number of thiophene rings is 1. The highest BCUT2D eigenvalue weighted by atomic mass is 35.5. The summed E-state index contributed by atoms with van der Waals surface area (Å²) in [5, 5.41) is 4.53. The predicted octanol–water partition coefficient (Wildman–Crippen LogP) is 0.692. The lowest BCUT2D eigenvalue weighted by Gasteiger charge is -2.19. The van der Waals surface area contributed by atoms with Crippen LogP contribution in [0.1, 0.15) is 19.3 Å². The van der Waals surface area contributed by atoms with Gasteiger partial charge in [-0.15, -0.1) is 23.7 Å². The molecule has 1 heterocycles. The van der Waals surface area contributed by atoms with Crippen molar-refractivity contribution in [2.75, 3.05) is 13.1 Å². The van der Waals surface area contributed by atoms with E-state index in [0.717, 1.165) is 30.6 Å². The summed E-state index contributed by atoms with van der Waals surface area (Å²) in [6, 6.07) is 3.23. The van der Waals surface area contributed by atoms with Crippen molar-refractivity contribution in [3.05, 3.63) is 17.5 Å². The van der Waals surface area contributed by atoms with Crippen molar-refractivity contribution in [3.63, 3.8) is 0 Å². The average molecular weight is 354 g/mol. The van der Waals surface area contributed by atoms with Crippen molar-refractivity contribution < 1.29 is 13.2 Å². The molecule has 1 saturated carbocycles. The summed E-state index contributed by atoms with van der Waals surface area (Å²) in [6.45, 7) is 0.305. The Kier molecular flexibility index (Phi) is 7.08. The summed E-state index contributed by atoms with van der Waals surface area (Å²) in [5.41, 5.74) is 5.65. The molecule has 2 unspecified atom stereocenters. The third kappa shape index (κ3) is 4.93. The Morgan fingerprint density at radius 3 is 2.81 bits per heavy atom. The zero-order valence-corrected chi connectivity index (χ0v) is 13.9. The van der Waals surface area contributed by atoms with Crippen LogP contribution in [-0.4, -0.2) is 33.5 Å². The minimum atomic E-state index is -3.58. The van der Waals surface area contributed by atoms with Gasteiger partial charge in [0.05, 0.1) is 6.54 Å². The Bertz CT molecular complexity index is 548. The van der Waals surface area contributed by atoms with Gasteiger partial charge in [-0.1, -0.05) is 12.5 Å². The molecule has 0 bridgehead atoms. The summed E-state index contributed by atoms with van der Waals surface area (Å²) >= 11 is 1.12. The van der Waals surface area contributed by atoms with Gasteiger partial charge >= 0.3 is 0 Å². The molecule has 9 heteroatoms. The highest BCUT2D eigenvalue weighted by Crippen LogP contribution is 2.24. The number of hydrogen-bond acceptors (Lipinski definition) is 5. The van der Waals surface area contributed by atoms with Crippen molar-refractivity contribution in [2.24, 2.45) is 11.7 Å². The molecule has 1 aliphatic carbocycles. The van der Waals surface area contributed by atoms with Crippen LogP contribution in [0.2, 0.25) is 0 Å². The Hall–Kier alpha value is -0.670. The monoisotopic (exact) mass is 353 g/mol. The largest absolute Gasteiger partial charge is 0.352 e. The minimum absolute atomic E-state index is 0. The maximum Gasteiger partial charge on any atom is 0.250 e. The molecule has 1 fully saturated rings. The van der Waals surface area contributed by atoms with E-state index in [1.165, 1.54) is 6.07 Å². The quantitative estimate of drug-likeness (QED) is 0.700. The van der Waals surface area contributed by atoms with Crippen molar-refractivity contribution in [1.82, 2.24) is 10.0 Å². The lowest BCUT2D eigenvalue weighted by Crippen LogP contribution is -2.44. The van der Waals surface area contributed by atoms with E-state index in [9.17, 15) is 13.2 Å². The Morgan fingerprint density at radius 2 is 2.19 bits per heavy atom. The molecule has 0 radical (unpaired) electrons. The number of rotatable bonds is 6. The maximum atomic E-state index is 11.9. The minimum Gasteiger partial charge on any atom is -0.352 e. The first kappa shape index (κ1) is 18.4. The van der Waals surface area contributed by atoms with Crippen LogP contribution in [-0.2, 0) is 14.8 Å². The SMILES string of the molecule is Cl.NCC1CCCC1NC(=O)CNS(=O)(=O)c1cccs1. The molecule has 6 nitrogen and oxygen atoms in total. The van der Waals surface area contributed by atoms with Crippen LogP contribution in [0.3, 0.4) is 0 Å². The fourth-order valence-corrected chi connectivity index (χ4v) is 4.43. The Labute approximate surface area is 135 Å². The van der Waals surface area contributed by atoms with Gasteiger partial charge in [0.15, 0.2) is 0 Å². The molecule has 120 valence electrons. The van der Waals surface area contributed by atoms with E-state index < -0.39 is 10.0 Å². The van der Waals surface area contributed by atoms with Gasteiger partial charge < -0.3 is 11.1 Å². The highest BCUT2D eigenvalue weighted by molar-refractivity contribution is 7.91. The number of carbonyl (C=O) groups is 1. The second-order valence-electron chi connectivity index (χ2n) is 4.86. The van der Waals surface area contributed by atoms with Crippen molar-refractivity contribution >= 4 is 39.7 Å². The van der Waals surface area contributed by atoms with Gasteiger partial charge in [-0.05, 0) is 36.8 Å². The molecule has 0 spiro atoms. The van der Waals surface area contributed by atoms with Crippen molar-refractivity contribution in [3.8, 4) is 0 Å². The van der Waals surface area contributed by atoms with Crippen LogP contribution in [0.5, 0.6) is 0 Å². The average Bonchev–Trinajstić information content (AvgIpc) is 3.07. The summed E-state index contributed by atoms with van der Waals surface area (Å²) in [7, 11) is -3.58. The number of nitrogens with two attached hydrogens (primary N) is 1. The van der Waals surface area contributed by atoms with Crippen LogP contribution < -0.4 is 15.8 Å². The number of sulfonamides is 1. The highest BCUT2D eigenvalue weighted by Gasteiger charge is 2.27. The number of halogens is 1. The standard InChI is InChI=1S/C12H19N3O3S2.ClH/c13-7-9-3-1-4-10(9)15-11(16)8-14-20(17,18)12-5-2-6-19-12;/h2,5-6,9-10,14H,1,3-4,7-8,13H2,(H,15,16);1H. The molecular weight excluding hydrogens is 334 g/mol. The fourth-order valence-electron chi connectivity index (χ4n) is 2.41. The molecule has 4 N–H and O–H groups in total. The molecular formula is C12H20ClN3O3S2. The van der Waals surface area contributed by atoms with E-state index in [1.54, 1.807) is 11.4 Å². The summed E-state index contributed by atoms with van der Waals surface area (Å²) in [6.07, 6.45) is 2.97. The van der Waals surface area contributed by atoms with Crippen LogP contribution in [0.15, 0.2) is 21.7 Å². The first-order valence-corrected chi connectivity index (χ1v) is 8.92. The van der Waals surface area contributed by atoms with Crippen LogP contribution in [0, 0.1) is 5.92 Å². The summed E-state index contributed by atoms with van der Waals surface area (Å²) < 4.78 is 26.2. The number of hydrogen-bond donors (Lipinski definition) is 3. The second kappa shape index (κ2) is 8.09. The molecule has 1 aromatic rings. The molecule has 2 rings (SSSR count). The van der Waals surface area contributed by atoms with Gasteiger partial charge in [0, 0.05) is 6.04 Å². The Balaban J connectivity index is 0.00000220. The predicted molar refractivity (Wildman–Crippen MR) is 85.1 cm³/mol. The molecule has 0 aromatic carbocycles. The first-order valence-electron chi connectivity index (χ1n) is 6.55. The van der Waals surface area contributed by atoms with E-state index in [4.69, 9.17) is 5.73 Å². The van der Waals surface area contributed by atoms with Crippen molar-refractivity contribution in [2.45, 2.75) is 29.5 Å². The van der Waals surface area contributed by atoms with E-state index in [1.807, 2.05) is 0 Å². The van der Waals surface area contributed by atoms with Gasteiger partial charge in [-0.25, -0.2) is 13.1 Å². The Morgan fingerprint density at radius 1 is 1.43 bits per heavy atom. The van der Waals surface area contributed by atoms with E-state index in [2.05, 4.69) is 10.0 Å². The summed E-state index contributed by atoms with van der Waals surface area (Å²) in [4.78, 5) is 11.8. The van der Waals surface area contributed by atoms with Crippen LogP contribution in [0.4, 0.5) is 0 Å². The number of amides is 1. The zero-order valence-electron chi connectivity index (χ0n) is 11.4. The molecule has 0 saturated heterocycles. The van der Waals surface area contributed by atoms with Gasteiger partial charge in [0.25, 0.3) is 10.0 Å². The van der Waals surface area contributed by atoms with E-state index in [0.29, 0.717) is 12.5 Å². The van der Waals surface area contributed by atoms with Gasteiger partial charge in [-0.3, -0.25) is 4.79 Å². The van der Waals surface area contributed by atoms with E-state index >= 15 is 0 Å². The lowest BCUT2D eigenvalue weighted by atomic mass is 10.0. The lowest BCUT2D eigenvalue weighted by molar-refractivity contribution is -0.120. The van der Waals surface area contributed by atoms with Gasteiger partial charge in [-0.2, -0.15) is 0 Å². The fraction of sp³-hybridized carbons (Fsp3) is 0.583. The normalized spacial score (nSPS) is 21.8. The first-order chi connectivity index (χ1) is 9.53. The molecule has 1 aromatic heterocycles. The van der Waals surface area contributed by atoms with Gasteiger partial charge in [0.1, 0.15) is 4.21 Å². The third-order valence-corrected chi connectivity index (χ3v) is 6.29. The van der Waals surface area contributed by atoms with Crippen LogP contribution >= 0.6 is 23.7 Å². The van der Waals surface area contributed by atoms with Crippen molar-refractivity contribution in [1.29, 1.82) is 0 Å². The van der Waals surface area contributed by atoms with E-state index in [-0.39, 0.29) is 35.1 Å². The maximum absolute atomic E-state index is 11.9. The zero-order chi connectivity index (χ0) is 14.6. The topological polar surface area (TPSA) is 101 Å². The molecule has 0 aliphatic heterocycles. The second-order valence-corrected chi connectivity index (χ2v) is 7.80. The molecule has 1 aliphatic rings. The number of carbonyl (C=O) groups excluding carboxylic acids is 1. The molecule has 21 heavy (non-hydrogen) atoms. The third-order valence-electron chi connectivity index (χ3n) is 3.49. The molecule has 2 atom stereocenters. The summed E-state index contributed by atoms with van der Waals surface area (Å²) in [5.74, 6) is -0.0108. The number of nitrogens with one attached hydrogen (secondary N) is 2. The smallest absolute Gasteiger partial charge is 0.250 e. The molecule has 1 amide bonds. The van der Waals surface area contributed by atoms with Gasteiger partial charge in [0.2, 0.25) is 5.91 Å². The van der Waals surface area contributed by atoms with Crippen LogP contribution in [0.25, 0.3) is 0 Å².